The first-order valence-electron chi connectivity index (χ1n) is 10.5. The predicted molar refractivity (Wildman–Crippen MR) is 117 cm³/mol. The third-order valence-electron chi connectivity index (χ3n) is 5.17. The van der Waals surface area contributed by atoms with E-state index in [9.17, 15) is 9.59 Å². The number of rotatable bonds is 8. The van der Waals surface area contributed by atoms with E-state index in [0.29, 0.717) is 58.2 Å². The van der Waals surface area contributed by atoms with E-state index in [4.69, 9.17) is 9.47 Å². The van der Waals surface area contributed by atoms with Crippen molar-refractivity contribution in [2.24, 2.45) is 0 Å². The molecule has 1 N–H and O–H groups in total. The fourth-order valence-electron chi connectivity index (χ4n) is 3.27. The Hall–Kier alpha value is -3.13. The summed E-state index contributed by atoms with van der Waals surface area (Å²) in [5.41, 5.74) is 3.08. The predicted octanol–water partition coefficient (Wildman–Crippen LogP) is 2.01. The Morgan fingerprint density at radius 1 is 0.968 bits per heavy atom. The number of aryl methyl sites for hydroxylation is 1. The summed E-state index contributed by atoms with van der Waals surface area (Å²) in [4.78, 5) is 32.8. The van der Waals surface area contributed by atoms with Crippen molar-refractivity contribution in [2.45, 2.75) is 19.9 Å². The van der Waals surface area contributed by atoms with Crippen molar-refractivity contribution in [1.29, 1.82) is 0 Å². The van der Waals surface area contributed by atoms with Crippen LogP contribution in [0.25, 0.3) is 0 Å². The lowest BCUT2D eigenvalue weighted by Crippen LogP contribution is -2.53. The molecule has 8 heteroatoms. The lowest BCUT2D eigenvalue weighted by atomic mass is 10.1. The zero-order valence-electron chi connectivity index (χ0n) is 18.2. The Balaban J connectivity index is 1.38. The van der Waals surface area contributed by atoms with Gasteiger partial charge in [0.25, 0.3) is 0 Å². The molecule has 0 unspecified atom stereocenters. The molecule has 1 saturated heterocycles. The summed E-state index contributed by atoms with van der Waals surface area (Å²) in [5, 5.41) is 2.91. The number of hydrogen-bond acceptors (Lipinski definition) is 5. The van der Waals surface area contributed by atoms with Gasteiger partial charge in [0, 0.05) is 52.1 Å². The molecule has 8 nitrogen and oxygen atoms in total. The molecule has 166 valence electrons. The van der Waals surface area contributed by atoms with Crippen molar-refractivity contribution in [3.63, 3.8) is 0 Å². The van der Waals surface area contributed by atoms with Gasteiger partial charge >= 0.3 is 6.03 Å². The normalized spacial score (nSPS) is 13.7. The Labute approximate surface area is 183 Å². The Morgan fingerprint density at radius 2 is 1.65 bits per heavy atom. The highest BCUT2D eigenvalue weighted by Crippen LogP contribution is 2.10. The highest BCUT2D eigenvalue weighted by atomic mass is 16.5. The molecule has 3 amide bonds. The first-order chi connectivity index (χ1) is 15.0. The molecule has 1 aromatic heterocycles. The van der Waals surface area contributed by atoms with Gasteiger partial charge in [0.1, 0.15) is 6.61 Å². The van der Waals surface area contributed by atoms with Gasteiger partial charge in [0.05, 0.1) is 13.0 Å². The molecular formula is C23H30N4O4. The van der Waals surface area contributed by atoms with E-state index >= 15 is 0 Å². The van der Waals surface area contributed by atoms with Gasteiger partial charge in [0.2, 0.25) is 11.8 Å². The molecule has 2 aromatic rings. The first-order valence-corrected chi connectivity index (χ1v) is 10.5. The monoisotopic (exact) mass is 426 g/mol. The quantitative estimate of drug-likeness (QED) is 0.653. The minimum atomic E-state index is -0.133. The van der Waals surface area contributed by atoms with Crippen molar-refractivity contribution >= 4 is 11.9 Å². The maximum absolute atomic E-state index is 12.5. The molecule has 0 spiro atoms. The number of carbonyl (C=O) groups is 2. The number of aromatic nitrogens is 1. The third kappa shape index (κ3) is 6.96. The number of urea groups is 1. The van der Waals surface area contributed by atoms with Gasteiger partial charge in [0.15, 0.2) is 0 Å². The number of benzene rings is 1. The Morgan fingerprint density at radius 3 is 2.29 bits per heavy atom. The van der Waals surface area contributed by atoms with Gasteiger partial charge in [-0.25, -0.2) is 9.78 Å². The standard InChI is InChI=1S/C23H30N4O4/c1-18-3-5-19(6-4-18)15-22(28)26-9-11-27(12-10-26)23(29)25-17-20-7-8-21(24-16-20)31-14-13-30-2/h3-8,16H,9-15,17H2,1-2H3,(H,25,29). The van der Waals surface area contributed by atoms with Crippen LogP contribution in [0, 0.1) is 6.92 Å². The number of methoxy groups -OCH3 is 1. The summed E-state index contributed by atoms with van der Waals surface area (Å²) in [6.45, 7) is 5.51. The van der Waals surface area contributed by atoms with E-state index in [1.54, 1.807) is 24.3 Å². The van der Waals surface area contributed by atoms with E-state index < -0.39 is 0 Å². The molecule has 1 aliphatic heterocycles. The molecule has 0 radical (unpaired) electrons. The smallest absolute Gasteiger partial charge is 0.317 e. The van der Waals surface area contributed by atoms with Gasteiger partial charge in [-0.15, -0.1) is 0 Å². The molecule has 0 aliphatic carbocycles. The van der Waals surface area contributed by atoms with E-state index in [-0.39, 0.29) is 11.9 Å². The Bertz CT molecular complexity index is 847. The third-order valence-corrected chi connectivity index (χ3v) is 5.17. The molecule has 1 fully saturated rings. The first kappa shape index (κ1) is 22.6. The summed E-state index contributed by atoms with van der Waals surface area (Å²) < 4.78 is 10.4. The van der Waals surface area contributed by atoms with Crippen LogP contribution < -0.4 is 10.1 Å². The van der Waals surface area contributed by atoms with Crippen molar-refractivity contribution in [1.82, 2.24) is 20.1 Å². The molecule has 2 heterocycles. The van der Waals surface area contributed by atoms with Crippen LogP contribution in [0.2, 0.25) is 0 Å². The fraction of sp³-hybridized carbons (Fsp3) is 0.435. The average Bonchev–Trinajstić information content (AvgIpc) is 2.80. The van der Waals surface area contributed by atoms with Crippen LogP contribution in [0.15, 0.2) is 42.6 Å². The summed E-state index contributed by atoms with van der Waals surface area (Å²) in [7, 11) is 1.62. The molecule has 0 bridgehead atoms. The fourth-order valence-corrected chi connectivity index (χ4v) is 3.27. The van der Waals surface area contributed by atoms with Crippen molar-refractivity contribution in [2.75, 3.05) is 46.5 Å². The van der Waals surface area contributed by atoms with E-state index in [2.05, 4.69) is 10.3 Å². The minimum absolute atomic E-state index is 0.0998. The zero-order valence-corrected chi connectivity index (χ0v) is 18.2. The van der Waals surface area contributed by atoms with Crippen LogP contribution in [0.1, 0.15) is 16.7 Å². The number of nitrogens with one attached hydrogen (secondary N) is 1. The number of piperazine rings is 1. The lowest BCUT2D eigenvalue weighted by Gasteiger charge is -2.34. The van der Waals surface area contributed by atoms with Crippen LogP contribution in [-0.4, -0.2) is 73.2 Å². The van der Waals surface area contributed by atoms with E-state index in [1.807, 2.05) is 42.2 Å². The highest BCUT2D eigenvalue weighted by Gasteiger charge is 2.24. The highest BCUT2D eigenvalue weighted by molar-refractivity contribution is 5.79. The van der Waals surface area contributed by atoms with Gasteiger partial charge in [-0.1, -0.05) is 35.9 Å². The maximum Gasteiger partial charge on any atom is 0.317 e. The summed E-state index contributed by atoms with van der Waals surface area (Å²) in [6.07, 6.45) is 2.08. The number of nitrogens with zero attached hydrogens (tertiary/aromatic N) is 3. The molecule has 1 aromatic carbocycles. The van der Waals surface area contributed by atoms with Crippen molar-refractivity contribution in [3.05, 3.63) is 59.3 Å². The van der Waals surface area contributed by atoms with E-state index in [1.165, 1.54) is 5.56 Å². The van der Waals surface area contributed by atoms with Crippen molar-refractivity contribution < 1.29 is 19.1 Å². The van der Waals surface area contributed by atoms with Gasteiger partial charge < -0.3 is 24.6 Å². The minimum Gasteiger partial charge on any atom is -0.475 e. The number of carbonyl (C=O) groups excluding carboxylic acids is 2. The molecule has 0 saturated carbocycles. The number of pyridine rings is 1. The summed E-state index contributed by atoms with van der Waals surface area (Å²) in [5.74, 6) is 0.626. The van der Waals surface area contributed by atoms with Crippen LogP contribution in [-0.2, 0) is 22.5 Å². The summed E-state index contributed by atoms with van der Waals surface area (Å²) in [6, 6.07) is 11.5. The topological polar surface area (TPSA) is 84.0 Å². The molecule has 1 aliphatic rings. The van der Waals surface area contributed by atoms with Crippen LogP contribution >= 0.6 is 0 Å². The van der Waals surface area contributed by atoms with Crippen molar-refractivity contribution in [3.8, 4) is 5.88 Å². The molecular weight excluding hydrogens is 396 g/mol. The summed E-state index contributed by atoms with van der Waals surface area (Å²) >= 11 is 0. The second-order valence-electron chi connectivity index (χ2n) is 7.53. The number of amides is 3. The zero-order chi connectivity index (χ0) is 22.1. The number of ether oxygens (including phenoxy) is 2. The van der Waals surface area contributed by atoms with E-state index in [0.717, 1.165) is 11.1 Å². The van der Waals surface area contributed by atoms with Gasteiger partial charge in [-0.2, -0.15) is 0 Å². The van der Waals surface area contributed by atoms with Gasteiger partial charge in [-0.05, 0) is 18.1 Å². The SMILES string of the molecule is COCCOc1ccc(CNC(=O)N2CCN(C(=O)Cc3ccc(C)cc3)CC2)cn1. The van der Waals surface area contributed by atoms with Crippen LogP contribution in [0.4, 0.5) is 4.79 Å². The average molecular weight is 427 g/mol. The second-order valence-corrected chi connectivity index (χ2v) is 7.53. The van der Waals surface area contributed by atoms with Crippen LogP contribution in [0.5, 0.6) is 5.88 Å². The van der Waals surface area contributed by atoms with Crippen LogP contribution in [0.3, 0.4) is 0 Å². The molecule has 31 heavy (non-hydrogen) atoms. The lowest BCUT2D eigenvalue weighted by molar-refractivity contribution is -0.131. The molecule has 0 atom stereocenters. The largest absolute Gasteiger partial charge is 0.475 e. The maximum atomic E-state index is 12.5. The van der Waals surface area contributed by atoms with Gasteiger partial charge in [-0.3, -0.25) is 4.79 Å². The Kier molecular flexibility index (Phi) is 8.23. The molecule has 3 rings (SSSR count). The number of hydrogen-bond donors (Lipinski definition) is 1. The second kappa shape index (κ2) is 11.3.